The van der Waals surface area contributed by atoms with Crippen LogP contribution in [0.2, 0.25) is 0 Å². The molecule has 2 aromatic rings. The second-order valence-corrected chi connectivity index (χ2v) is 4.97. The Bertz CT molecular complexity index is 655. The Balaban J connectivity index is 1.82. The van der Waals surface area contributed by atoms with Crippen LogP contribution in [0.5, 0.6) is 0 Å². The quantitative estimate of drug-likeness (QED) is 0.785. The van der Waals surface area contributed by atoms with Gasteiger partial charge in [0.05, 0.1) is 18.8 Å². The molecule has 0 radical (unpaired) electrons. The first kappa shape index (κ1) is 13.8. The zero-order valence-corrected chi connectivity index (χ0v) is 11.8. The highest BCUT2D eigenvalue weighted by molar-refractivity contribution is 5.77. The summed E-state index contributed by atoms with van der Waals surface area (Å²) in [4.78, 5) is 17.5. The van der Waals surface area contributed by atoms with E-state index in [9.17, 15) is 4.79 Å². The fraction of sp³-hybridized carbons (Fsp3) is 0.462. The van der Waals surface area contributed by atoms with Crippen molar-refractivity contribution in [1.29, 1.82) is 0 Å². The molecule has 3 heterocycles. The van der Waals surface area contributed by atoms with Crippen LogP contribution in [0.15, 0.2) is 18.5 Å². The summed E-state index contributed by atoms with van der Waals surface area (Å²) in [6.07, 6.45) is 1.29. The van der Waals surface area contributed by atoms with Gasteiger partial charge in [-0.1, -0.05) is 0 Å². The van der Waals surface area contributed by atoms with Gasteiger partial charge in [-0.2, -0.15) is 5.10 Å². The number of nitrogens with one attached hydrogen (secondary N) is 1. The molecule has 8 nitrogen and oxygen atoms in total. The largest absolute Gasteiger partial charge is 0.382 e. The Morgan fingerprint density at radius 2 is 2.43 bits per heavy atom. The summed E-state index contributed by atoms with van der Waals surface area (Å²) in [5.41, 5.74) is 7.51. The minimum atomic E-state index is -0.139. The van der Waals surface area contributed by atoms with Crippen LogP contribution in [0.4, 0.5) is 5.82 Å². The molecule has 0 bridgehead atoms. The van der Waals surface area contributed by atoms with Crippen molar-refractivity contribution in [2.45, 2.75) is 6.10 Å². The number of nitrogens with zero attached hydrogens (tertiary/aromatic N) is 4. The highest BCUT2D eigenvalue weighted by atomic mass is 16.5. The van der Waals surface area contributed by atoms with E-state index in [-0.39, 0.29) is 12.0 Å². The molecule has 0 spiro atoms. The predicted molar refractivity (Wildman–Crippen MR) is 76.6 cm³/mol. The molecule has 0 saturated carbocycles. The first-order chi connectivity index (χ1) is 10.2. The smallest absolute Gasteiger partial charge is 0.233 e. The van der Waals surface area contributed by atoms with Crippen molar-refractivity contribution in [3.05, 3.63) is 24.2 Å². The monoisotopic (exact) mass is 290 g/mol. The third-order valence-corrected chi connectivity index (χ3v) is 3.64. The van der Waals surface area contributed by atoms with Crippen molar-refractivity contribution < 1.29 is 9.53 Å². The molecule has 112 valence electrons. The standard InChI is InChI=1S/C13H18N6O2/c1-15-12(20)7-18-4-5-21-11(6-18)9-2-3-10-13(14)16-8-17-19(9)10/h2-3,8,11H,4-7H2,1H3,(H,15,20)(H2,14,16,17). The number of carbonyl (C=O) groups is 1. The number of nitrogens with two attached hydrogens (primary N) is 1. The van der Waals surface area contributed by atoms with Crippen LogP contribution in [0.1, 0.15) is 11.8 Å². The first-order valence-electron chi connectivity index (χ1n) is 6.81. The van der Waals surface area contributed by atoms with E-state index < -0.39 is 0 Å². The van der Waals surface area contributed by atoms with Crippen LogP contribution in [-0.4, -0.2) is 58.7 Å². The number of hydrogen-bond acceptors (Lipinski definition) is 6. The molecule has 1 unspecified atom stereocenters. The van der Waals surface area contributed by atoms with Gasteiger partial charge >= 0.3 is 0 Å². The van der Waals surface area contributed by atoms with Crippen LogP contribution in [0, 0.1) is 0 Å². The Morgan fingerprint density at radius 1 is 1.57 bits per heavy atom. The van der Waals surface area contributed by atoms with Gasteiger partial charge < -0.3 is 15.8 Å². The zero-order chi connectivity index (χ0) is 14.8. The van der Waals surface area contributed by atoms with Gasteiger partial charge in [-0.25, -0.2) is 9.50 Å². The SMILES string of the molecule is CNC(=O)CN1CCOC(c2ccc3c(N)ncnn23)C1. The van der Waals surface area contributed by atoms with Gasteiger partial charge in [0.15, 0.2) is 5.82 Å². The molecular weight excluding hydrogens is 272 g/mol. The summed E-state index contributed by atoms with van der Waals surface area (Å²) in [7, 11) is 1.64. The predicted octanol–water partition coefficient (Wildman–Crippen LogP) is -0.569. The van der Waals surface area contributed by atoms with Crippen molar-refractivity contribution in [1.82, 2.24) is 24.8 Å². The molecular formula is C13H18N6O2. The second-order valence-electron chi connectivity index (χ2n) is 4.97. The van der Waals surface area contributed by atoms with E-state index in [1.807, 2.05) is 12.1 Å². The van der Waals surface area contributed by atoms with E-state index >= 15 is 0 Å². The van der Waals surface area contributed by atoms with E-state index in [1.54, 1.807) is 11.6 Å². The third kappa shape index (κ3) is 2.67. The molecule has 0 aromatic carbocycles. The number of hydrogen-bond donors (Lipinski definition) is 2. The van der Waals surface area contributed by atoms with Gasteiger partial charge in [0.2, 0.25) is 5.91 Å². The van der Waals surface area contributed by atoms with Gasteiger partial charge in [-0.3, -0.25) is 9.69 Å². The van der Waals surface area contributed by atoms with Crippen LogP contribution in [0.3, 0.4) is 0 Å². The van der Waals surface area contributed by atoms with Gasteiger partial charge in [-0.15, -0.1) is 0 Å². The van der Waals surface area contributed by atoms with Crippen molar-refractivity contribution >= 4 is 17.2 Å². The molecule has 1 fully saturated rings. The molecule has 0 aliphatic carbocycles. The lowest BCUT2D eigenvalue weighted by molar-refractivity contribution is -0.123. The molecule has 8 heteroatoms. The molecule has 2 aromatic heterocycles. The molecule has 1 saturated heterocycles. The van der Waals surface area contributed by atoms with E-state index in [1.165, 1.54) is 6.33 Å². The van der Waals surface area contributed by atoms with Crippen molar-refractivity contribution in [3.63, 3.8) is 0 Å². The Morgan fingerprint density at radius 3 is 3.24 bits per heavy atom. The van der Waals surface area contributed by atoms with E-state index in [2.05, 4.69) is 20.3 Å². The summed E-state index contributed by atoms with van der Waals surface area (Å²) in [6.45, 7) is 2.33. The first-order valence-corrected chi connectivity index (χ1v) is 6.81. The summed E-state index contributed by atoms with van der Waals surface area (Å²) in [6, 6.07) is 3.82. The Labute approximate surface area is 121 Å². The maximum Gasteiger partial charge on any atom is 0.233 e. The van der Waals surface area contributed by atoms with Gasteiger partial charge in [0.1, 0.15) is 17.9 Å². The van der Waals surface area contributed by atoms with Gasteiger partial charge in [0, 0.05) is 20.1 Å². The Kier molecular flexibility index (Phi) is 3.72. The molecule has 1 aliphatic rings. The fourth-order valence-electron chi connectivity index (χ4n) is 2.52. The third-order valence-electron chi connectivity index (χ3n) is 3.64. The normalized spacial score (nSPS) is 19.8. The number of fused-ring (bicyclic) bond motifs is 1. The summed E-state index contributed by atoms with van der Waals surface area (Å²) in [5.74, 6) is 0.441. The minimum absolute atomic E-state index is 0.00207. The maximum absolute atomic E-state index is 11.5. The summed E-state index contributed by atoms with van der Waals surface area (Å²) >= 11 is 0. The second kappa shape index (κ2) is 5.66. The van der Waals surface area contributed by atoms with Crippen LogP contribution >= 0.6 is 0 Å². The van der Waals surface area contributed by atoms with Gasteiger partial charge in [0.25, 0.3) is 0 Å². The number of aromatic nitrogens is 3. The highest BCUT2D eigenvalue weighted by Crippen LogP contribution is 2.24. The zero-order valence-electron chi connectivity index (χ0n) is 11.8. The number of carbonyl (C=O) groups excluding carboxylic acids is 1. The van der Waals surface area contributed by atoms with E-state index in [0.29, 0.717) is 25.5 Å². The van der Waals surface area contributed by atoms with E-state index in [4.69, 9.17) is 10.5 Å². The number of morpholine rings is 1. The molecule has 1 aliphatic heterocycles. The number of rotatable bonds is 3. The number of anilines is 1. The lowest BCUT2D eigenvalue weighted by atomic mass is 10.2. The molecule has 1 atom stereocenters. The average Bonchev–Trinajstić information content (AvgIpc) is 2.93. The minimum Gasteiger partial charge on any atom is -0.382 e. The van der Waals surface area contributed by atoms with Crippen LogP contribution in [-0.2, 0) is 9.53 Å². The van der Waals surface area contributed by atoms with Crippen LogP contribution in [0.25, 0.3) is 5.52 Å². The van der Waals surface area contributed by atoms with Crippen LogP contribution < -0.4 is 11.1 Å². The topological polar surface area (TPSA) is 97.8 Å². The number of amides is 1. The Hall–Kier alpha value is -2.19. The maximum atomic E-state index is 11.5. The molecule has 3 rings (SSSR count). The number of likely N-dealkylation sites (N-methyl/N-ethyl adjacent to an activating group) is 1. The lowest BCUT2D eigenvalue weighted by Gasteiger charge is -2.32. The van der Waals surface area contributed by atoms with Crippen molar-refractivity contribution in [3.8, 4) is 0 Å². The lowest BCUT2D eigenvalue weighted by Crippen LogP contribution is -2.43. The van der Waals surface area contributed by atoms with E-state index in [0.717, 1.165) is 17.8 Å². The highest BCUT2D eigenvalue weighted by Gasteiger charge is 2.25. The summed E-state index contributed by atoms with van der Waals surface area (Å²) < 4.78 is 7.57. The number of nitrogen functional groups attached to an aromatic ring is 1. The molecule has 21 heavy (non-hydrogen) atoms. The fourth-order valence-corrected chi connectivity index (χ4v) is 2.52. The van der Waals surface area contributed by atoms with Crippen molar-refractivity contribution in [2.24, 2.45) is 0 Å². The average molecular weight is 290 g/mol. The summed E-state index contributed by atoms with van der Waals surface area (Å²) in [5, 5.41) is 6.86. The van der Waals surface area contributed by atoms with Gasteiger partial charge in [-0.05, 0) is 12.1 Å². The molecule has 3 N–H and O–H groups in total. The number of ether oxygens (including phenoxy) is 1. The van der Waals surface area contributed by atoms with Crippen molar-refractivity contribution in [2.75, 3.05) is 39.0 Å². The molecule has 1 amide bonds.